The first-order valence-corrected chi connectivity index (χ1v) is 15.8. The Labute approximate surface area is 249 Å². The van der Waals surface area contributed by atoms with E-state index in [4.69, 9.17) is 21.4 Å². The molecule has 4 aliphatic rings. The summed E-state index contributed by atoms with van der Waals surface area (Å²) in [4.78, 5) is 56.0. The number of benzene rings is 2. The monoisotopic (exact) mass is 610 g/mol. The molecular formula is C30H27ClN2O6S2. The first kappa shape index (κ1) is 26.8. The van der Waals surface area contributed by atoms with E-state index in [9.17, 15) is 19.2 Å². The minimum atomic E-state index is -0.943. The molecule has 11 heteroatoms. The summed E-state index contributed by atoms with van der Waals surface area (Å²) in [7, 11) is 0. The summed E-state index contributed by atoms with van der Waals surface area (Å²) in [6.45, 7) is 0.505. The number of carbonyl (C=O) groups is 3. The summed E-state index contributed by atoms with van der Waals surface area (Å²) in [5.41, 5.74) is 1.91. The number of fused-ring (bicyclic) bond motifs is 9. The van der Waals surface area contributed by atoms with E-state index in [1.54, 1.807) is 17.8 Å². The highest BCUT2D eigenvalue weighted by Gasteiger charge is 2.69. The van der Waals surface area contributed by atoms with Crippen molar-refractivity contribution in [1.82, 2.24) is 9.88 Å². The fraction of sp³-hybridized carbons (Fsp3) is 0.400. The van der Waals surface area contributed by atoms with E-state index >= 15 is 0 Å². The molecule has 8 nitrogen and oxygen atoms in total. The maximum absolute atomic E-state index is 13.7. The number of carbonyl (C=O) groups excluding carboxylic acids is 2. The van der Waals surface area contributed by atoms with E-state index in [-0.39, 0.29) is 65.0 Å². The van der Waals surface area contributed by atoms with E-state index in [0.717, 1.165) is 27.5 Å². The Bertz CT molecular complexity index is 1610. The van der Waals surface area contributed by atoms with Gasteiger partial charge in [0.1, 0.15) is 12.4 Å². The smallest absolute Gasteiger partial charge is 0.305 e. The maximum atomic E-state index is 13.7. The van der Waals surface area contributed by atoms with Gasteiger partial charge < -0.3 is 14.8 Å². The second-order valence-corrected chi connectivity index (χ2v) is 13.9. The lowest BCUT2D eigenvalue weighted by molar-refractivity contribution is -0.142. The molecule has 0 radical (unpaired) electrons. The molecule has 3 fully saturated rings. The number of carboxylic acids is 1. The number of likely N-dealkylation sites (tertiary alicyclic amines) is 1. The molecule has 7 atom stereocenters. The molecule has 2 N–H and O–H groups in total. The number of thiazole rings is 1. The predicted molar refractivity (Wildman–Crippen MR) is 154 cm³/mol. The number of aliphatic carboxylic acids is 1. The average Bonchev–Trinajstić information content (AvgIpc) is 3.68. The molecule has 2 saturated carbocycles. The van der Waals surface area contributed by atoms with E-state index in [1.165, 1.54) is 16.2 Å². The maximum Gasteiger partial charge on any atom is 0.305 e. The Balaban J connectivity index is 1.26. The molecule has 41 heavy (non-hydrogen) atoms. The number of amides is 2. The van der Waals surface area contributed by atoms with E-state index in [2.05, 4.69) is 4.98 Å². The van der Waals surface area contributed by atoms with Gasteiger partial charge in [0, 0.05) is 39.6 Å². The molecule has 1 saturated heterocycles. The van der Waals surface area contributed by atoms with Crippen LogP contribution in [0.2, 0.25) is 5.02 Å². The van der Waals surface area contributed by atoms with Crippen LogP contribution in [-0.4, -0.2) is 44.6 Å². The van der Waals surface area contributed by atoms with Crippen LogP contribution < -0.4 is 9.61 Å². The molecule has 6 unspecified atom stereocenters. The normalized spacial score (nSPS) is 29.4. The Morgan fingerprint density at radius 3 is 2.59 bits per heavy atom. The zero-order valence-electron chi connectivity index (χ0n) is 21.8. The van der Waals surface area contributed by atoms with Gasteiger partial charge in [-0.1, -0.05) is 53.3 Å². The van der Waals surface area contributed by atoms with Crippen LogP contribution in [0.15, 0.2) is 58.4 Å². The van der Waals surface area contributed by atoms with Gasteiger partial charge in [0.15, 0.2) is 0 Å². The van der Waals surface area contributed by atoms with Gasteiger partial charge >= 0.3 is 10.8 Å². The minimum absolute atomic E-state index is 0.00662. The number of nitrogens with zero attached hydrogens (tertiary/aromatic N) is 1. The van der Waals surface area contributed by atoms with Gasteiger partial charge in [0.25, 0.3) is 0 Å². The standard InChI is InChI=1S/C30H27ClN2O6S2/c31-15-8-9-19(39-13-14-5-2-1-3-6-14)16(11-15)21-22-17-12-18(25(22)40-27-26(21)41-30(38)32-27)24-23(17)28(36)33(29(24)37)10-4-7-20(34)35/h1-3,5-6,8-9,11,17-18,21-25H,4,7,10,12-13H2,(H,32,38)(H,34,35)/t17?,18?,21-,22?,23?,24?,25?/m1/s1. The van der Waals surface area contributed by atoms with Crippen LogP contribution in [0.5, 0.6) is 5.75 Å². The Hall–Kier alpha value is -3.08. The Morgan fingerprint density at radius 1 is 1.07 bits per heavy atom. The van der Waals surface area contributed by atoms with Gasteiger partial charge in [-0.3, -0.25) is 24.1 Å². The Morgan fingerprint density at radius 2 is 1.83 bits per heavy atom. The molecule has 3 aromatic rings. The molecule has 2 amide bonds. The Kier molecular flexibility index (Phi) is 6.75. The van der Waals surface area contributed by atoms with Crippen molar-refractivity contribution < 1.29 is 24.2 Å². The summed E-state index contributed by atoms with van der Waals surface area (Å²) in [5, 5.41) is 10.5. The first-order chi connectivity index (χ1) is 19.8. The van der Waals surface area contributed by atoms with Gasteiger partial charge in [0.05, 0.1) is 16.9 Å². The van der Waals surface area contributed by atoms with Gasteiger partial charge in [0.2, 0.25) is 11.8 Å². The molecule has 212 valence electrons. The van der Waals surface area contributed by atoms with Crippen LogP contribution >= 0.6 is 34.7 Å². The average molecular weight is 611 g/mol. The molecule has 3 heterocycles. The highest BCUT2D eigenvalue weighted by molar-refractivity contribution is 8.00. The number of rotatable bonds is 8. The fourth-order valence-corrected chi connectivity index (χ4v) is 10.7. The van der Waals surface area contributed by atoms with Crippen LogP contribution in [0.3, 0.4) is 0 Å². The second kappa shape index (κ2) is 10.3. The molecule has 1 aromatic heterocycles. The van der Waals surface area contributed by atoms with Crippen molar-refractivity contribution in [3.63, 3.8) is 0 Å². The first-order valence-electron chi connectivity index (χ1n) is 13.7. The van der Waals surface area contributed by atoms with Gasteiger partial charge in [-0.2, -0.15) is 0 Å². The van der Waals surface area contributed by atoms with Crippen LogP contribution in [0.25, 0.3) is 0 Å². The summed E-state index contributed by atoms with van der Waals surface area (Å²) in [5.74, 6) is -1.69. The van der Waals surface area contributed by atoms with Gasteiger partial charge in [-0.15, -0.1) is 11.8 Å². The number of imide groups is 1. The zero-order chi connectivity index (χ0) is 28.4. The number of carboxylic acid groups (broad SMARTS) is 1. The quantitative estimate of drug-likeness (QED) is 0.345. The van der Waals surface area contributed by atoms with Gasteiger partial charge in [-0.05, 0) is 54.4 Å². The number of hydrogen-bond donors (Lipinski definition) is 2. The number of thioether (sulfide) groups is 1. The van der Waals surface area contributed by atoms with Crippen molar-refractivity contribution in [3.8, 4) is 5.75 Å². The highest BCUT2D eigenvalue weighted by Crippen LogP contribution is 2.69. The predicted octanol–water partition coefficient (Wildman–Crippen LogP) is 5.01. The van der Waals surface area contributed by atoms with Crippen LogP contribution in [0, 0.1) is 29.6 Å². The molecular weight excluding hydrogens is 584 g/mol. The highest BCUT2D eigenvalue weighted by atomic mass is 35.5. The van der Waals surface area contributed by atoms with Crippen LogP contribution in [0.4, 0.5) is 0 Å². The van der Waals surface area contributed by atoms with E-state index < -0.39 is 17.8 Å². The second-order valence-electron chi connectivity index (χ2n) is 11.2. The molecule has 2 aliphatic carbocycles. The topological polar surface area (TPSA) is 117 Å². The van der Waals surface area contributed by atoms with E-state index in [1.807, 2.05) is 42.5 Å². The van der Waals surface area contributed by atoms with Crippen molar-refractivity contribution in [2.24, 2.45) is 29.6 Å². The SMILES string of the molecule is O=C(O)CCCN1C(=O)C2C3CC(C2C1=O)C1C3Sc2[nH]c(=O)sc2[C@@H]1c1cc(Cl)ccc1OCc1ccccc1. The number of halogens is 1. The summed E-state index contributed by atoms with van der Waals surface area (Å²) < 4.78 is 6.36. The number of aromatic nitrogens is 1. The van der Waals surface area contributed by atoms with Crippen LogP contribution in [0.1, 0.15) is 41.2 Å². The minimum Gasteiger partial charge on any atom is -0.489 e. The van der Waals surface area contributed by atoms with Crippen molar-refractivity contribution in [2.45, 2.75) is 42.1 Å². The van der Waals surface area contributed by atoms with Crippen molar-refractivity contribution in [3.05, 3.63) is 79.2 Å². The molecule has 2 aromatic carbocycles. The lowest BCUT2D eigenvalue weighted by Crippen LogP contribution is -2.42. The zero-order valence-corrected chi connectivity index (χ0v) is 24.2. The number of H-pyrrole nitrogens is 1. The number of hydrogen-bond acceptors (Lipinski definition) is 7. The largest absolute Gasteiger partial charge is 0.489 e. The lowest BCUT2D eigenvalue weighted by Gasteiger charge is -2.43. The third kappa shape index (κ3) is 4.42. The van der Waals surface area contributed by atoms with Crippen molar-refractivity contribution in [1.29, 1.82) is 0 Å². The molecule has 2 bridgehead atoms. The van der Waals surface area contributed by atoms with Crippen molar-refractivity contribution in [2.75, 3.05) is 6.54 Å². The summed E-state index contributed by atoms with van der Waals surface area (Å²) in [6.07, 6.45) is 0.931. The van der Waals surface area contributed by atoms with E-state index in [0.29, 0.717) is 17.4 Å². The number of nitrogens with one attached hydrogen (secondary N) is 1. The molecule has 0 spiro atoms. The summed E-state index contributed by atoms with van der Waals surface area (Å²) >= 11 is 9.37. The lowest BCUT2D eigenvalue weighted by atomic mass is 9.68. The summed E-state index contributed by atoms with van der Waals surface area (Å²) in [6, 6.07) is 15.5. The van der Waals surface area contributed by atoms with Gasteiger partial charge in [-0.25, -0.2) is 0 Å². The third-order valence-electron chi connectivity index (χ3n) is 9.13. The fourth-order valence-electron chi connectivity index (χ4n) is 7.66. The van der Waals surface area contributed by atoms with Crippen molar-refractivity contribution >= 4 is 52.5 Å². The third-order valence-corrected chi connectivity index (χ3v) is 12.0. The number of aromatic amines is 1. The molecule has 2 aliphatic heterocycles. The van der Waals surface area contributed by atoms with Crippen LogP contribution in [-0.2, 0) is 21.0 Å². The number of ether oxygens (including phenoxy) is 1. The molecule has 7 rings (SSSR count).